The number of nitrogens with one attached hydrogen (secondary N) is 1. The minimum absolute atomic E-state index is 0.0558. The fourth-order valence-corrected chi connectivity index (χ4v) is 2.56. The molecule has 0 saturated heterocycles. The van der Waals surface area contributed by atoms with E-state index in [1.54, 1.807) is 0 Å². The van der Waals surface area contributed by atoms with Crippen LogP contribution in [0.15, 0.2) is 42.5 Å². The van der Waals surface area contributed by atoms with Gasteiger partial charge in [-0.25, -0.2) is 0 Å². The largest absolute Gasteiger partial charge is 0.416 e. The molecule has 0 aliphatic carbocycles. The van der Waals surface area contributed by atoms with Crippen LogP contribution < -0.4 is 10.2 Å². The molecule has 0 atom stereocenters. The van der Waals surface area contributed by atoms with Crippen LogP contribution in [0.1, 0.15) is 15.9 Å². The minimum atomic E-state index is -4.61. The number of benzene rings is 2. The summed E-state index contributed by atoms with van der Waals surface area (Å²) in [5.41, 5.74) is -1.42. The van der Waals surface area contributed by atoms with Crippen molar-refractivity contribution < 1.29 is 27.7 Å². The zero-order valence-electron chi connectivity index (χ0n) is 12.9. The topological polar surface area (TPSA) is 92.5 Å². The Kier molecular flexibility index (Phi) is 4.10. The number of carbonyl (C=O) groups is 2. The Hall–Kier alpha value is -3.43. The Morgan fingerprint density at radius 2 is 1.92 bits per heavy atom. The first-order valence-electron chi connectivity index (χ1n) is 7.24. The van der Waals surface area contributed by atoms with Gasteiger partial charge in [-0.1, -0.05) is 6.07 Å². The van der Waals surface area contributed by atoms with Crippen LogP contribution in [0.2, 0.25) is 0 Å². The molecular formula is C16H10F3N3O4. The molecule has 1 aliphatic heterocycles. The number of rotatable bonds is 2. The van der Waals surface area contributed by atoms with Gasteiger partial charge in [0.05, 0.1) is 21.9 Å². The number of nitro groups is 1. The molecule has 2 aromatic carbocycles. The third-order valence-corrected chi connectivity index (χ3v) is 3.74. The van der Waals surface area contributed by atoms with Crippen LogP contribution >= 0.6 is 0 Å². The lowest BCUT2D eigenvalue weighted by atomic mass is 10.1. The molecule has 0 fully saturated rings. The predicted molar refractivity (Wildman–Crippen MR) is 84.8 cm³/mol. The lowest BCUT2D eigenvalue weighted by Crippen LogP contribution is -2.42. The quantitative estimate of drug-likeness (QED) is 0.653. The highest BCUT2D eigenvalue weighted by Gasteiger charge is 2.34. The van der Waals surface area contributed by atoms with E-state index in [-0.39, 0.29) is 22.6 Å². The monoisotopic (exact) mass is 365 g/mol. The van der Waals surface area contributed by atoms with Crippen molar-refractivity contribution in [3.63, 3.8) is 0 Å². The van der Waals surface area contributed by atoms with Crippen LogP contribution in [0.25, 0.3) is 0 Å². The van der Waals surface area contributed by atoms with E-state index < -0.39 is 35.0 Å². The van der Waals surface area contributed by atoms with E-state index in [2.05, 4.69) is 5.32 Å². The second kappa shape index (κ2) is 6.14. The molecule has 7 nitrogen and oxygen atoms in total. The van der Waals surface area contributed by atoms with Crippen LogP contribution in [0.4, 0.5) is 30.2 Å². The average Bonchev–Trinajstić information content (AvgIpc) is 2.59. The van der Waals surface area contributed by atoms with Gasteiger partial charge in [-0.3, -0.25) is 24.6 Å². The lowest BCUT2D eigenvalue weighted by Gasteiger charge is -2.29. The fraction of sp³-hybridized carbons (Fsp3) is 0.125. The van der Waals surface area contributed by atoms with Gasteiger partial charge in [0.2, 0.25) is 5.91 Å². The smallest absolute Gasteiger partial charge is 0.323 e. The summed E-state index contributed by atoms with van der Waals surface area (Å²) in [7, 11) is 0. The number of alkyl halides is 3. The van der Waals surface area contributed by atoms with Gasteiger partial charge in [0.25, 0.3) is 11.6 Å². The molecule has 2 aromatic rings. The van der Waals surface area contributed by atoms with E-state index in [1.165, 1.54) is 18.2 Å². The molecule has 0 unspecified atom stereocenters. The van der Waals surface area contributed by atoms with E-state index in [0.29, 0.717) is 0 Å². The fourth-order valence-electron chi connectivity index (χ4n) is 2.56. The maximum Gasteiger partial charge on any atom is 0.416 e. The number of nitro benzene ring substituents is 1. The van der Waals surface area contributed by atoms with Gasteiger partial charge in [0, 0.05) is 17.7 Å². The van der Waals surface area contributed by atoms with Crippen LogP contribution in [0.3, 0.4) is 0 Å². The third kappa shape index (κ3) is 3.21. The minimum Gasteiger partial charge on any atom is -0.323 e. The number of anilines is 2. The standard InChI is InChI=1S/C16H10F3N3O4/c17-16(18,19)10-4-5-13-12(7-10)20-14(23)8-21(13)15(24)9-2-1-3-11(6-9)22(25)26/h1-7H,8H2,(H,20,23). The van der Waals surface area contributed by atoms with Crippen molar-refractivity contribution in [2.75, 3.05) is 16.8 Å². The van der Waals surface area contributed by atoms with Gasteiger partial charge in [0.15, 0.2) is 0 Å². The van der Waals surface area contributed by atoms with Crippen molar-refractivity contribution in [2.24, 2.45) is 0 Å². The molecule has 1 heterocycles. The summed E-state index contributed by atoms with van der Waals surface area (Å²) in [6, 6.07) is 7.48. The molecule has 2 amide bonds. The summed E-state index contributed by atoms with van der Waals surface area (Å²) in [5.74, 6) is -1.40. The van der Waals surface area contributed by atoms with Crippen molar-refractivity contribution in [1.82, 2.24) is 0 Å². The van der Waals surface area contributed by atoms with Crippen LogP contribution in [-0.4, -0.2) is 23.3 Å². The van der Waals surface area contributed by atoms with Gasteiger partial charge in [-0.05, 0) is 24.3 Å². The van der Waals surface area contributed by atoms with Gasteiger partial charge >= 0.3 is 6.18 Å². The molecule has 0 bridgehead atoms. The Labute approximate surface area is 144 Å². The van der Waals surface area contributed by atoms with E-state index in [4.69, 9.17) is 0 Å². The summed E-state index contributed by atoms with van der Waals surface area (Å²) in [6.45, 7) is -0.417. The van der Waals surface area contributed by atoms with Crippen LogP contribution in [-0.2, 0) is 11.0 Å². The number of carbonyl (C=O) groups excluding carboxylic acids is 2. The number of nitrogens with zero attached hydrogens (tertiary/aromatic N) is 2. The zero-order chi connectivity index (χ0) is 19.1. The lowest BCUT2D eigenvalue weighted by molar-refractivity contribution is -0.384. The Bertz CT molecular complexity index is 927. The molecule has 0 radical (unpaired) electrons. The second-order valence-corrected chi connectivity index (χ2v) is 5.48. The van der Waals surface area contributed by atoms with E-state index in [0.717, 1.165) is 29.2 Å². The first kappa shape index (κ1) is 17.4. The molecule has 1 aliphatic rings. The van der Waals surface area contributed by atoms with Gasteiger partial charge in [-0.15, -0.1) is 0 Å². The van der Waals surface area contributed by atoms with Gasteiger partial charge in [-0.2, -0.15) is 13.2 Å². The highest BCUT2D eigenvalue weighted by atomic mass is 19.4. The van der Waals surface area contributed by atoms with Crippen molar-refractivity contribution in [3.05, 3.63) is 63.7 Å². The predicted octanol–water partition coefficient (Wildman–Crippen LogP) is 3.21. The summed E-state index contributed by atoms with van der Waals surface area (Å²) in [5, 5.41) is 13.1. The SMILES string of the molecule is O=C1CN(C(=O)c2cccc([N+](=O)[O-])c2)c2ccc(C(F)(F)F)cc2N1. The summed E-state index contributed by atoms with van der Waals surface area (Å²) >= 11 is 0. The first-order valence-corrected chi connectivity index (χ1v) is 7.24. The highest BCUT2D eigenvalue weighted by molar-refractivity contribution is 6.15. The van der Waals surface area contributed by atoms with Crippen molar-refractivity contribution in [1.29, 1.82) is 0 Å². The summed E-state index contributed by atoms with van der Waals surface area (Å²) in [4.78, 5) is 35.6. The van der Waals surface area contributed by atoms with E-state index in [9.17, 15) is 32.9 Å². The second-order valence-electron chi connectivity index (χ2n) is 5.48. The molecular weight excluding hydrogens is 355 g/mol. The number of amides is 2. The van der Waals surface area contributed by atoms with Crippen LogP contribution in [0, 0.1) is 10.1 Å². The normalized spacial score (nSPS) is 13.8. The zero-order valence-corrected chi connectivity index (χ0v) is 12.9. The number of fused-ring (bicyclic) bond motifs is 1. The highest BCUT2D eigenvalue weighted by Crippen LogP contribution is 2.37. The number of hydrogen-bond acceptors (Lipinski definition) is 4. The van der Waals surface area contributed by atoms with Crippen molar-refractivity contribution in [2.45, 2.75) is 6.18 Å². The Morgan fingerprint density at radius 1 is 1.19 bits per heavy atom. The molecule has 1 N–H and O–H groups in total. The average molecular weight is 365 g/mol. The maximum atomic E-state index is 12.8. The Morgan fingerprint density at radius 3 is 2.58 bits per heavy atom. The number of non-ortho nitro benzene ring substituents is 1. The van der Waals surface area contributed by atoms with Crippen molar-refractivity contribution >= 4 is 28.9 Å². The van der Waals surface area contributed by atoms with Crippen molar-refractivity contribution in [3.8, 4) is 0 Å². The molecule has 0 aromatic heterocycles. The number of halogens is 3. The molecule has 26 heavy (non-hydrogen) atoms. The maximum absolute atomic E-state index is 12.8. The summed E-state index contributed by atoms with van der Waals surface area (Å²) in [6.07, 6.45) is -4.61. The molecule has 0 saturated carbocycles. The first-order chi connectivity index (χ1) is 12.2. The van der Waals surface area contributed by atoms with Gasteiger partial charge in [0.1, 0.15) is 6.54 Å². The van der Waals surface area contributed by atoms with Gasteiger partial charge < -0.3 is 5.32 Å². The Balaban J connectivity index is 2.02. The number of hydrogen-bond donors (Lipinski definition) is 1. The van der Waals surface area contributed by atoms with E-state index >= 15 is 0 Å². The molecule has 10 heteroatoms. The van der Waals surface area contributed by atoms with E-state index in [1.807, 2.05) is 0 Å². The molecule has 0 spiro atoms. The third-order valence-electron chi connectivity index (χ3n) is 3.74. The summed E-state index contributed by atoms with van der Waals surface area (Å²) < 4.78 is 38.5. The molecule has 3 rings (SSSR count). The van der Waals surface area contributed by atoms with Crippen LogP contribution in [0.5, 0.6) is 0 Å². The molecule has 134 valence electrons.